The van der Waals surface area contributed by atoms with E-state index >= 15 is 0 Å². The molecule has 0 spiro atoms. The van der Waals surface area contributed by atoms with Gasteiger partial charge in [-0.05, 0) is 29.1 Å². The first-order valence-electron chi connectivity index (χ1n) is 8.00. The zero-order chi connectivity index (χ0) is 18.8. The summed E-state index contributed by atoms with van der Waals surface area (Å²) in [5.41, 5.74) is 1.25. The average molecular weight is 399 g/mol. The predicted octanol–water partition coefficient (Wildman–Crippen LogP) is 1.87. The van der Waals surface area contributed by atoms with Crippen molar-refractivity contribution in [2.24, 2.45) is 0 Å². The van der Waals surface area contributed by atoms with Gasteiger partial charge in [-0.3, -0.25) is 9.52 Å². The van der Waals surface area contributed by atoms with Gasteiger partial charge in [-0.1, -0.05) is 18.2 Å². The molecule has 0 atom stereocenters. The molecule has 0 saturated carbocycles. The highest BCUT2D eigenvalue weighted by atomic mass is 32.2. The Bertz CT molecular complexity index is 774. The van der Waals surface area contributed by atoms with Crippen molar-refractivity contribution in [2.75, 3.05) is 38.2 Å². The second kappa shape index (κ2) is 10.3. The van der Waals surface area contributed by atoms with Gasteiger partial charge in [0, 0.05) is 19.3 Å². The van der Waals surface area contributed by atoms with Gasteiger partial charge in [0.2, 0.25) is 5.91 Å². The summed E-state index contributed by atoms with van der Waals surface area (Å²) in [4.78, 5) is 11.9. The van der Waals surface area contributed by atoms with Crippen LogP contribution in [0, 0.1) is 0 Å². The highest BCUT2D eigenvalue weighted by Crippen LogP contribution is 2.20. The molecule has 2 rings (SSSR count). The maximum absolute atomic E-state index is 12.2. The second-order valence-electron chi connectivity index (χ2n) is 5.37. The highest BCUT2D eigenvalue weighted by molar-refractivity contribution is 7.94. The van der Waals surface area contributed by atoms with E-state index < -0.39 is 10.0 Å². The maximum atomic E-state index is 12.2. The van der Waals surface area contributed by atoms with E-state index in [1.165, 1.54) is 0 Å². The number of carbonyl (C=O) groups excluding carboxylic acids is 1. The predicted molar refractivity (Wildman–Crippen MR) is 101 cm³/mol. The van der Waals surface area contributed by atoms with Crippen LogP contribution in [0.5, 0.6) is 0 Å². The number of hydrogen-bond donors (Lipinski definition) is 2. The molecule has 0 unspecified atom stereocenters. The molecule has 1 heterocycles. The highest BCUT2D eigenvalue weighted by Gasteiger charge is 2.15. The third kappa shape index (κ3) is 6.75. The molecule has 0 aliphatic heterocycles. The molecule has 0 aliphatic rings. The first-order valence-corrected chi connectivity index (χ1v) is 10.4. The van der Waals surface area contributed by atoms with E-state index in [9.17, 15) is 13.2 Å². The summed E-state index contributed by atoms with van der Waals surface area (Å²) in [5.74, 6) is -0.118. The first-order chi connectivity index (χ1) is 12.5. The molecule has 142 valence electrons. The Morgan fingerprint density at radius 1 is 1.12 bits per heavy atom. The lowest BCUT2D eigenvalue weighted by Gasteiger charge is -2.08. The maximum Gasteiger partial charge on any atom is 0.271 e. The molecule has 1 aromatic carbocycles. The molecule has 0 aliphatic carbocycles. The number of thiophene rings is 1. The van der Waals surface area contributed by atoms with E-state index in [0.717, 1.165) is 16.9 Å². The molecular weight excluding hydrogens is 376 g/mol. The zero-order valence-corrected chi connectivity index (χ0v) is 16.1. The van der Waals surface area contributed by atoms with Crippen molar-refractivity contribution >= 4 is 33.0 Å². The third-order valence-corrected chi connectivity index (χ3v) is 6.11. The van der Waals surface area contributed by atoms with Crippen molar-refractivity contribution in [1.29, 1.82) is 0 Å². The smallest absolute Gasteiger partial charge is 0.271 e. The Labute approximate surface area is 157 Å². The van der Waals surface area contributed by atoms with Gasteiger partial charge in [0.05, 0.1) is 26.2 Å². The number of hydrogen-bond acceptors (Lipinski definition) is 6. The molecule has 0 saturated heterocycles. The van der Waals surface area contributed by atoms with Crippen molar-refractivity contribution in [3.63, 3.8) is 0 Å². The molecule has 1 aromatic heterocycles. The second-order valence-corrected chi connectivity index (χ2v) is 8.22. The summed E-state index contributed by atoms with van der Waals surface area (Å²) in [6.45, 7) is 1.88. The summed E-state index contributed by atoms with van der Waals surface area (Å²) < 4.78 is 37.2. The number of methoxy groups -OCH3 is 1. The van der Waals surface area contributed by atoms with Crippen molar-refractivity contribution in [2.45, 2.75) is 10.6 Å². The standard InChI is InChI=1S/C17H22N2O5S2/c1-23-10-11-24-9-8-18-16(20)13-14-4-6-15(7-5-14)19-26(21,22)17-3-2-12-25-17/h2-7,12,19H,8-11,13H2,1H3,(H,18,20). The number of carbonyl (C=O) groups is 1. The normalized spacial score (nSPS) is 11.3. The molecule has 2 aromatic rings. The molecular formula is C17H22N2O5S2. The van der Waals surface area contributed by atoms with E-state index in [1.54, 1.807) is 48.9 Å². The van der Waals surface area contributed by atoms with Crippen LogP contribution in [0.1, 0.15) is 5.56 Å². The van der Waals surface area contributed by atoms with Crippen LogP contribution in [-0.4, -0.2) is 47.8 Å². The van der Waals surface area contributed by atoms with E-state index in [4.69, 9.17) is 9.47 Å². The van der Waals surface area contributed by atoms with Crippen molar-refractivity contribution in [1.82, 2.24) is 5.32 Å². The van der Waals surface area contributed by atoms with Gasteiger partial charge in [-0.25, -0.2) is 8.42 Å². The van der Waals surface area contributed by atoms with Crippen molar-refractivity contribution < 1.29 is 22.7 Å². The zero-order valence-electron chi connectivity index (χ0n) is 14.4. The minimum absolute atomic E-state index is 0.118. The number of amides is 1. The number of ether oxygens (including phenoxy) is 2. The van der Waals surface area contributed by atoms with Gasteiger partial charge in [0.25, 0.3) is 10.0 Å². The van der Waals surface area contributed by atoms with Gasteiger partial charge in [-0.15, -0.1) is 11.3 Å². The van der Waals surface area contributed by atoms with E-state index in [0.29, 0.717) is 32.1 Å². The van der Waals surface area contributed by atoms with E-state index in [2.05, 4.69) is 10.0 Å². The van der Waals surface area contributed by atoms with Crippen molar-refractivity contribution in [3.8, 4) is 0 Å². The topological polar surface area (TPSA) is 93.7 Å². The van der Waals surface area contributed by atoms with Crippen molar-refractivity contribution in [3.05, 3.63) is 47.3 Å². The molecule has 1 amide bonds. The number of nitrogens with one attached hydrogen (secondary N) is 2. The summed E-state index contributed by atoms with van der Waals surface area (Å²) >= 11 is 1.15. The fourth-order valence-electron chi connectivity index (χ4n) is 2.07. The van der Waals surface area contributed by atoms with Crippen LogP contribution < -0.4 is 10.0 Å². The molecule has 7 nitrogen and oxygen atoms in total. The number of benzene rings is 1. The Morgan fingerprint density at radius 3 is 2.54 bits per heavy atom. The summed E-state index contributed by atoms with van der Waals surface area (Å²) in [7, 11) is -1.96. The van der Waals surface area contributed by atoms with Gasteiger partial charge in [0.1, 0.15) is 4.21 Å². The largest absolute Gasteiger partial charge is 0.382 e. The SMILES string of the molecule is COCCOCCNC(=O)Cc1ccc(NS(=O)(=O)c2cccs2)cc1. The van der Waals surface area contributed by atoms with Crippen LogP contribution in [0.15, 0.2) is 46.0 Å². The fraction of sp³-hybridized carbons (Fsp3) is 0.353. The first kappa shape index (κ1) is 20.4. The summed E-state index contributed by atoms with van der Waals surface area (Å²) in [6.07, 6.45) is 0.218. The quantitative estimate of drug-likeness (QED) is 0.564. The Hall–Kier alpha value is -1.94. The minimum Gasteiger partial charge on any atom is -0.382 e. The number of anilines is 1. The summed E-state index contributed by atoms with van der Waals surface area (Å²) in [6, 6.07) is 9.96. The Morgan fingerprint density at radius 2 is 1.88 bits per heavy atom. The van der Waals surface area contributed by atoms with Gasteiger partial charge in [-0.2, -0.15) is 0 Å². The Balaban J connectivity index is 1.77. The van der Waals surface area contributed by atoms with Crippen LogP contribution >= 0.6 is 11.3 Å². The molecule has 2 N–H and O–H groups in total. The van der Waals surface area contributed by atoms with Crippen LogP contribution in [-0.2, 0) is 30.7 Å². The Kier molecular flexibility index (Phi) is 8.05. The molecule has 0 radical (unpaired) electrons. The van der Waals surface area contributed by atoms with Gasteiger partial charge >= 0.3 is 0 Å². The third-order valence-electron chi connectivity index (χ3n) is 3.33. The van der Waals surface area contributed by atoms with E-state index in [-0.39, 0.29) is 16.5 Å². The number of sulfonamides is 1. The lowest BCUT2D eigenvalue weighted by molar-refractivity contribution is -0.120. The molecule has 26 heavy (non-hydrogen) atoms. The van der Waals surface area contributed by atoms with Gasteiger partial charge < -0.3 is 14.8 Å². The lowest BCUT2D eigenvalue weighted by Crippen LogP contribution is -2.29. The van der Waals surface area contributed by atoms with E-state index in [1.807, 2.05) is 0 Å². The van der Waals surface area contributed by atoms with Crippen LogP contribution in [0.4, 0.5) is 5.69 Å². The van der Waals surface area contributed by atoms with Gasteiger partial charge in [0.15, 0.2) is 0 Å². The lowest BCUT2D eigenvalue weighted by atomic mass is 10.1. The van der Waals surface area contributed by atoms with Crippen LogP contribution in [0.25, 0.3) is 0 Å². The monoisotopic (exact) mass is 398 g/mol. The number of rotatable bonds is 11. The fourth-order valence-corrected chi connectivity index (χ4v) is 4.12. The molecule has 0 fully saturated rings. The summed E-state index contributed by atoms with van der Waals surface area (Å²) in [5, 5.41) is 4.47. The van der Waals surface area contributed by atoms with Crippen LogP contribution in [0.3, 0.4) is 0 Å². The molecule has 0 bridgehead atoms. The average Bonchev–Trinajstić information content (AvgIpc) is 3.15. The van der Waals surface area contributed by atoms with Crippen LogP contribution in [0.2, 0.25) is 0 Å². The minimum atomic E-state index is -3.56. The molecule has 9 heteroatoms.